The molecule has 0 unspecified atom stereocenters. The van der Waals surface area contributed by atoms with Crippen molar-refractivity contribution >= 4 is 112 Å². The summed E-state index contributed by atoms with van der Waals surface area (Å²) >= 11 is 5.64. The molecule has 0 atom stereocenters. The second-order valence-electron chi connectivity index (χ2n) is 13.3. The zero-order valence-corrected chi connectivity index (χ0v) is 30.4. The van der Waals surface area contributed by atoms with Crippen molar-refractivity contribution in [2.45, 2.75) is 0 Å². The molecule has 0 N–H and O–H groups in total. The molecule has 0 radical (unpaired) electrons. The van der Waals surface area contributed by atoms with E-state index < -0.39 is 0 Å². The Bertz CT molecular complexity index is 3130. The molecule has 0 aliphatic carbocycles. The maximum atomic E-state index is 2.50. The highest BCUT2D eigenvalue weighted by Crippen LogP contribution is 2.49. The Labute approximate surface area is 312 Å². The third-order valence-corrected chi connectivity index (χ3v) is 13.8. The minimum atomic E-state index is 1.16. The molecule has 11 rings (SSSR count). The highest BCUT2D eigenvalue weighted by atomic mass is 32.1. The van der Waals surface area contributed by atoms with Gasteiger partial charge in [0.1, 0.15) is 0 Å². The van der Waals surface area contributed by atoms with E-state index >= 15 is 0 Å². The molecule has 0 fully saturated rings. The highest BCUT2D eigenvalue weighted by molar-refractivity contribution is 7.27. The van der Waals surface area contributed by atoms with Gasteiger partial charge in [0.25, 0.3) is 0 Å². The van der Waals surface area contributed by atoms with E-state index in [0.29, 0.717) is 0 Å². The molecule has 244 valence electrons. The summed E-state index contributed by atoms with van der Waals surface area (Å²) in [5.41, 5.74) is 8.53. The fourth-order valence-corrected chi connectivity index (χ4v) is 11.3. The van der Waals surface area contributed by atoms with Crippen LogP contribution in [0.4, 0.5) is 17.1 Å². The number of nitrogens with zero attached hydrogens (tertiary/aromatic N) is 1. The largest absolute Gasteiger partial charge is 0.309 e. The zero-order valence-electron chi connectivity index (χ0n) is 27.9. The average molecular weight is 716 g/mol. The fourth-order valence-electron chi connectivity index (χ4n) is 7.82. The predicted octanol–water partition coefficient (Wildman–Crippen LogP) is 15.6. The molecule has 1 nitrogen and oxygen atoms in total. The molecule has 0 saturated carbocycles. The van der Waals surface area contributed by atoms with Crippen molar-refractivity contribution in [3.05, 3.63) is 176 Å². The molecular formula is C48H29NS3. The minimum absolute atomic E-state index is 1.16. The standard InChI is InChI=1S/C48H29NS3/c1-3-11-30(12-4-1)32-21-24-44-39(27-32)41-29-34(23-26-46(41)51-44)49(33-22-25-45-40(28-33)36-15-7-8-20-43(36)50-45)42-19-10-18-38-37-17-9-16-35(47(37)52-48(38)42)31-13-5-2-6-14-31/h1-29H. The quantitative estimate of drug-likeness (QED) is 0.171. The first-order chi connectivity index (χ1) is 25.8. The molecule has 11 aromatic rings. The number of anilines is 3. The molecule has 0 amide bonds. The van der Waals surface area contributed by atoms with E-state index in [1.165, 1.54) is 88.5 Å². The number of thiophene rings is 3. The molecule has 8 aromatic carbocycles. The van der Waals surface area contributed by atoms with E-state index in [9.17, 15) is 0 Å². The van der Waals surface area contributed by atoms with Crippen molar-refractivity contribution in [3.63, 3.8) is 0 Å². The summed E-state index contributed by atoms with van der Waals surface area (Å²) in [5.74, 6) is 0. The van der Waals surface area contributed by atoms with Crippen molar-refractivity contribution in [2.24, 2.45) is 0 Å². The number of benzene rings is 8. The molecule has 0 aliphatic rings. The van der Waals surface area contributed by atoms with Gasteiger partial charge in [-0.15, -0.1) is 34.0 Å². The van der Waals surface area contributed by atoms with Crippen LogP contribution in [0.2, 0.25) is 0 Å². The molecule has 4 heteroatoms. The lowest BCUT2D eigenvalue weighted by Gasteiger charge is -2.26. The van der Waals surface area contributed by atoms with E-state index in [2.05, 4.69) is 181 Å². The first-order valence-electron chi connectivity index (χ1n) is 17.5. The van der Waals surface area contributed by atoms with E-state index in [1.54, 1.807) is 0 Å². The van der Waals surface area contributed by atoms with Crippen LogP contribution in [0.1, 0.15) is 0 Å². The fraction of sp³-hybridized carbons (Fsp3) is 0. The van der Waals surface area contributed by atoms with Crippen LogP contribution < -0.4 is 4.90 Å². The van der Waals surface area contributed by atoms with E-state index in [1.807, 2.05) is 34.0 Å². The van der Waals surface area contributed by atoms with Crippen molar-refractivity contribution in [1.82, 2.24) is 0 Å². The summed E-state index contributed by atoms with van der Waals surface area (Å²) in [5, 5.41) is 7.79. The van der Waals surface area contributed by atoms with Crippen LogP contribution in [0, 0.1) is 0 Å². The topological polar surface area (TPSA) is 3.24 Å². The van der Waals surface area contributed by atoms with Gasteiger partial charge < -0.3 is 4.90 Å². The van der Waals surface area contributed by atoms with Gasteiger partial charge in [-0.05, 0) is 82.9 Å². The van der Waals surface area contributed by atoms with Crippen LogP contribution in [-0.4, -0.2) is 0 Å². The molecule has 0 aliphatic heterocycles. The first kappa shape index (κ1) is 29.9. The normalized spacial score (nSPS) is 11.8. The van der Waals surface area contributed by atoms with Gasteiger partial charge in [-0.1, -0.05) is 115 Å². The van der Waals surface area contributed by atoms with Gasteiger partial charge >= 0.3 is 0 Å². The summed E-state index contributed by atoms with van der Waals surface area (Å²) < 4.78 is 7.85. The smallest absolute Gasteiger partial charge is 0.0640 e. The summed E-state index contributed by atoms with van der Waals surface area (Å²) in [6, 6.07) is 64.9. The van der Waals surface area contributed by atoms with Gasteiger partial charge in [0, 0.05) is 67.2 Å². The van der Waals surface area contributed by atoms with Crippen LogP contribution >= 0.6 is 34.0 Å². The van der Waals surface area contributed by atoms with Crippen LogP contribution in [0.3, 0.4) is 0 Å². The van der Waals surface area contributed by atoms with Crippen molar-refractivity contribution in [1.29, 1.82) is 0 Å². The Morgan fingerprint density at radius 1 is 0.308 bits per heavy atom. The van der Waals surface area contributed by atoms with Gasteiger partial charge in [-0.2, -0.15) is 0 Å². The maximum Gasteiger partial charge on any atom is 0.0640 e. The third-order valence-electron chi connectivity index (χ3n) is 10.3. The molecule has 0 spiro atoms. The zero-order chi connectivity index (χ0) is 34.2. The average Bonchev–Trinajstić information content (AvgIpc) is 3.90. The van der Waals surface area contributed by atoms with Gasteiger partial charge in [0.2, 0.25) is 0 Å². The van der Waals surface area contributed by atoms with Crippen LogP contribution in [0.5, 0.6) is 0 Å². The SMILES string of the molecule is c1ccc(-c2ccc3sc4ccc(N(c5ccc6sc7ccccc7c6c5)c5cccc6c5sc5c(-c7ccccc7)cccc56)cc4c3c2)cc1. The van der Waals surface area contributed by atoms with Crippen LogP contribution in [0.25, 0.3) is 82.8 Å². The number of fused-ring (bicyclic) bond motifs is 9. The molecule has 0 saturated heterocycles. The van der Waals surface area contributed by atoms with Gasteiger partial charge in [-0.3, -0.25) is 0 Å². The highest BCUT2D eigenvalue weighted by Gasteiger charge is 2.21. The van der Waals surface area contributed by atoms with E-state index in [-0.39, 0.29) is 0 Å². The Kier molecular flexibility index (Phi) is 6.84. The van der Waals surface area contributed by atoms with Crippen LogP contribution in [-0.2, 0) is 0 Å². The first-order valence-corrected chi connectivity index (χ1v) is 19.9. The Morgan fingerprint density at radius 3 is 1.58 bits per heavy atom. The summed E-state index contributed by atoms with van der Waals surface area (Å²) in [4.78, 5) is 2.50. The van der Waals surface area contributed by atoms with Crippen molar-refractivity contribution in [3.8, 4) is 22.3 Å². The van der Waals surface area contributed by atoms with Gasteiger partial charge in [0.15, 0.2) is 0 Å². The Hall–Kier alpha value is -5.78. The molecule has 3 heterocycles. The number of rotatable bonds is 5. The lowest BCUT2D eigenvalue weighted by atomic mass is 10.0. The predicted molar refractivity (Wildman–Crippen MR) is 231 cm³/mol. The third kappa shape index (κ3) is 4.72. The van der Waals surface area contributed by atoms with E-state index in [4.69, 9.17) is 0 Å². The summed E-state index contributed by atoms with van der Waals surface area (Å²) in [7, 11) is 0. The minimum Gasteiger partial charge on any atom is -0.309 e. The molecular weight excluding hydrogens is 687 g/mol. The second-order valence-corrected chi connectivity index (χ2v) is 16.5. The lowest BCUT2D eigenvalue weighted by molar-refractivity contribution is 1.32. The Morgan fingerprint density at radius 2 is 0.846 bits per heavy atom. The monoisotopic (exact) mass is 715 g/mol. The number of hydrogen-bond donors (Lipinski definition) is 0. The molecule has 0 bridgehead atoms. The lowest BCUT2D eigenvalue weighted by Crippen LogP contribution is -2.09. The van der Waals surface area contributed by atoms with Crippen molar-refractivity contribution < 1.29 is 0 Å². The van der Waals surface area contributed by atoms with Gasteiger partial charge in [0.05, 0.1) is 10.4 Å². The van der Waals surface area contributed by atoms with Crippen LogP contribution in [0.15, 0.2) is 176 Å². The van der Waals surface area contributed by atoms with Crippen molar-refractivity contribution in [2.75, 3.05) is 4.90 Å². The summed E-state index contributed by atoms with van der Waals surface area (Å²) in [6.45, 7) is 0. The molecule has 52 heavy (non-hydrogen) atoms. The Balaban J connectivity index is 1.17. The maximum absolute atomic E-state index is 2.50. The molecule has 3 aromatic heterocycles. The summed E-state index contributed by atoms with van der Waals surface area (Å²) in [6.07, 6.45) is 0. The van der Waals surface area contributed by atoms with E-state index in [0.717, 1.165) is 11.4 Å². The second kappa shape index (κ2) is 11.9. The number of hydrogen-bond acceptors (Lipinski definition) is 4. The van der Waals surface area contributed by atoms with Gasteiger partial charge in [-0.25, -0.2) is 0 Å².